The quantitative estimate of drug-likeness (QED) is 0.423. The molecule has 0 radical (unpaired) electrons. The third-order valence-corrected chi connectivity index (χ3v) is 6.25. The van der Waals surface area contributed by atoms with Crippen molar-refractivity contribution in [2.24, 2.45) is 0 Å². The topological polar surface area (TPSA) is 108 Å². The number of aromatic nitrogens is 3. The molecule has 0 unspecified atom stereocenters. The Balaban J connectivity index is 1.52. The zero-order valence-corrected chi connectivity index (χ0v) is 20.0. The summed E-state index contributed by atoms with van der Waals surface area (Å²) in [5.41, 5.74) is 1.15. The largest absolute Gasteiger partial charge is 0.495 e. The molecular formula is C25H21ClFN7O2. The van der Waals surface area contributed by atoms with Crippen LogP contribution in [0, 0.1) is 17.1 Å². The van der Waals surface area contributed by atoms with Crippen LogP contribution >= 0.6 is 11.6 Å². The fourth-order valence-corrected chi connectivity index (χ4v) is 4.46. The molecule has 0 spiro atoms. The molecule has 1 aliphatic heterocycles. The lowest BCUT2D eigenvalue weighted by Gasteiger charge is -2.30. The fourth-order valence-electron chi connectivity index (χ4n) is 4.20. The standard InChI is InChI=1S/C25H21ClFN7O2/c1-36-21-11-16(5-6-20(21)33-9-7-29-8-10-33)31-25-30-13-17-22(32-25)15(12-28)14-34(24(17)35)23-18(26)3-2-4-19(23)27/h2-6,11,13-14,29H,7-10H2,1H3,(H,30,31,32). The molecule has 0 atom stereocenters. The Labute approximate surface area is 210 Å². The van der Waals surface area contributed by atoms with Crippen LogP contribution in [0.15, 0.2) is 53.6 Å². The van der Waals surface area contributed by atoms with Crippen LogP contribution in [0.2, 0.25) is 5.02 Å². The molecule has 1 saturated heterocycles. The molecule has 2 aromatic carbocycles. The molecule has 3 heterocycles. The Bertz CT molecular complexity index is 1540. The van der Waals surface area contributed by atoms with E-state index in [1.165, 1.54) is 30.6 Å². The maximum atomic E-state index is 14.5. The molecule has 2 aromatic heterocycles. The molecule has 1 aliphatic rings. The number of nitrogens with one attached hydrogen (secondary N) is 2. The highest BCUT2D eigenvalue weighted by Crippen LogP contribution is 2.32. The van der Waals surface area contributed by atoms with Gasteiger partial charge in [-0.1, -0.05) is 17.7 Å². The van der Waals surface area contributed by atoms with Gasteiger partial charge < -0.3 is 20.3 Å². The first-order chi connectivity index (χ1) is 17.5. The number of halogens is 2. The summed E-state index contributed by atoms with van der Waals surface area (Å²) in [5.74, 6) is 0.201. The second kappa shape index (κ2) is 9.81. The van der Waals surface area contributed by atoms with Crippen molar-refractivity contribution in [1.29, 1.82) is 5.26 Å². The monoisotopic (exact) mass is 505 g/mol. The third-order valence-electron chi connectivity index (χ3n) is 5.94. The Kier molecular flexibility index (Phi) is 6.41. The molecular weight excluding hydrogens is 485 g/mol. The summed E-state index contributed by atoms with van der Waals surface area (Å²) in [6.45, 7) is 3.56. The first-order valence-electron chi connectivity index (χ1n) is 11.2. The van der Waals surface area contributed by atoms with Crippen LogP contribution in [0.25, 0.3) is 16.6 Å². The van der Waals surface area contributed by atoms with Crippen molar-refractivity contribution in [2.75, 3.05) is 43.5 Å². The van der Waals surface area contributed by atoms with E-state index in [0.717, 1.165) is 36.4 Å². The number of para-hydroxylation sites is 1. The number of methoxy groups -OCH3 is 1. The lowest BCUT2D eigenvalue weighted by atomic mass is 10.2. The Morgan fingerprint density at radius 1 is 1.25 bits per heavy atom. The van der Waals surface area contributed by atoms with Gasteiger partial charge in [0.15, 0.2) is 0 Å². The summed E-state index contributed by atoms with van der Waals surface area (Å²) in [7, 11) is 1.61. The maximum Gasteiger partial charge on any atom is 0.266 e. The zero-order valence-electron chi connectivity index (χ0n) is 19.3. The minimum absolute atomic E-state index is 0.0396. The van der Waals surface area contributed by atoms with Crippen LogP contribution in [0.1, 0.15) is 5.56 Å². The van der Waals surface area contributed by atoms with E-state index in [1.807, 2.05) is 24.3 Å². The molecule has 36 heavy (non-hydrogen) atoms. The number of ether oxygens (including phenoxy) is 1. The van der Waals surface area contributed by atoms with E-state index in [1.54, 1.807) is 7.11 Å². The van der Waals surface area contributed by atoms with Crippen molar-refractivity contribution in [2.45, 2.75) is 0 Å². The van der Waals surface area contributed by atoms with Crippen molar-refractivity contribution < 1.29 is 9.13 Å². The third kappa shape index (κ3) is 4.30. The summed E-state index contributed by atoms with van der Waals surface area (Å²) in [5, 5.41) is 16.3. The van der Waals surface area contributed by atoms with Crippen molar-refractivity contribution in [3.63, 3.8) is 0 Å². The average molecular weight is 506 g/mol. The number of anilines is 3. The summed E-state index contributed by atoms with van der Waals surface area (Å²) in [6.07, 6.45) is 2.54. The first-order valence-corrected chi connectivity index (χ1v) is 11.6. The minimum atomic E-state index is -0.690. The van der Waals surface area contributed by atoms with E-state index in [0.29, 0.717) is 11.4 Å². The van der Waals surface area contributed by atoms with Gasteiger partial charge in [0.2, 0.25) is 5.95 Å². The van der Waals surface area contributed by atoms with E-state index in [2.05, 4.69) is 25.5 Å². The van der Waals surface area contributed by atoms with Gasteiger partial charge in [-0.15, -0.1) is 0 Å². The van der Waals surface area contributed by atoms with Gasteiger partial charge in [-0.3, -0.25) is 9.36 Å². The number of fused-ring (bicyclic) bond motifs is 1. The van der Waals surface area contributed by atoms with E-state index < -0.39 is 11.4 Å². The number of nitrogens with zero attached hydrogens (tertiary/aromatic N) is 5. The second-order valence-corrected chi connectivity index (χ2v) is 8.51. The maximum absolute atomic E-state index is 14.5. The molecule has 5 rings (SSSR count). The molecule has 4 aromatic rings. The molecule has 0 bridgehead atoms. The van der Waals surface area contributed by atoms with Crippen LogP contribution in [0.4, 0.5) is 21.7 Å². The number of hydrogen-bond acceptors (Lipinski definition) is 8. The zero-order chi connectivity index (χ0) is 25.2. The molecule has 182 valence electrons. The fraction of sp³-hybridized carbons (Fsp3) is 0.200. The first kappa shape index (κ1) is 23.5. The van der Waals surface area contributed by atoms with E-state index in [-0.39, 0.29) is 33.1 Å². The number of hydrogen-bond donors (Lipinski definition) is 2. The van der Waals surface area contributed by atoms with Gasteiger partial charge >= 0.3 is 0 Å². The number of pyridine rings is 1. The Morgan fingerprint density at radius 3 is 2.78 bits per heavy atom. The summed E-state index contributed by atoms with van der Waals surface area (Å²) in [6, 6.07) is 11.8. The van der Waals surface area contributed by atoms with Gasteiger partial charge in [0, 0.05) is 50.3 Å². The van der Waals surface area contributed by atoms with E-state index >= 15 is 0 Å². The van der Waals surface area contributed by atoms with Gasteiger partial charge in [-0.2, -0.15) is 5.26 Å². The van der Waals surface area contributed by atoms with Gasteiger partial charge in [0.25, 0.3) is 5.56 Å². The highest BCUT2D eigenvalue weighted by atomic mass is 35.5. The van der Waals surface area contributed by atoms with Crippen LogP contribution in [0.3, 0.4) is 0 Å². The average Bonchev–Trinajstić information content (AvgIpc) is 2.90. The van der Waals surface area contributed by atoms with Crippen molar-refractivity contribution >= 4 is 39.8 Å². The van der Waals surface area contributed by atoms with Crippen LogP contribution < -0.4 is 25.8 Å². The Morgan fingerprint density at radius 2 is 2.06 bits per heavy atom. The molecule has 11 heteroatoms. The van der Waals surface area contributed by atoms with Crippen molar-refractivity contribution in [3.8, 4) is 17.5 Å². The number of rotatable bonds is 5. The van der Waals surface area contributed by atoms with Crippen LogP contribution in [-0.2, 0) is 0 Å². The van der Waals surface area contributed by atoms with Gasteiger partial charge in [-0.05, 0) is 24.3 Å². The predicted octanol–water partition coefficient (Wildman–Crippen LogP) is 3.61. The van der Waals surface area contributed by atoms with Crippen LogP contribution in [-0.4, -0.2) is 47.8 Å². The highest BCUT2D eigenvalue weighted by Gasteiger charge is 2.18. The molecule has 2 N–H and O–H groups in total. The van der Waals surface area contributed by atoms with Crippen molar-refractivity contribution in [3.05, 3.63) is 75.5 Å². The summed E-state index contributed by atoms with van der Waals surface area (Å²) >= 11 is 6.14. The van der Waals surface area contributed by atoms with E-state index in [4.69, 9.17) is 16.3 Å². The SMILES string of the molecule is COc1cc(Nc2ncc3c(=O)n(-c4c(F)cccc4Cl)cc(C#N)c3n2)ccc1N1CCNCC1. The lowest BCUT2D eigenvalue weighted by molar-refractivity contribution is 0.413. The molecule has 1 fully saturated rings. The van der Waals surface area contributed by atoms with Gasteiger partial charge in [0.1, 0.15) is 28.8 Å². The van der Waals surface area contributed by atoms with Gasteiger partial charge in [0.05, 0.1) is 28.8 Å². The number of nitriles is 1. The predicted molar refractivity (Wildman–Crippen MR) is 136 cm³/mol. The molecule has 0 amide bonds. The number of benzene rings is 2. The molecule has 0 saturated carbocycles. The van der Waals surface area contributed by atoms with E-state index in [9.17, 15) is 14.4 Å². The Hall–Kier alpha value is -4.20. The smallest absolute Gasteiger partial charge is 0.266 e. The normalized spacial score (nSPS) is 13.4. The molecule has 0 aliphatic carbocycles. The molecule has 9 nitrogen and oxygen atoms in total. The lowest BCUT2D eigenvalue weighted by Crippen LogP contribution is -2.43. The summed E-state index contributed by atoms with van der Waals surface area (Å²) in [4.78, 5) is 24.1. The summed E-state index contributed by atoms with van der Waals surface area (Å²) < 4.78 is 21.1. The van der Waals surface area contributed by atoms with Crippen LogP contribution in [0.5, 0.6) is 5.75 Å². The highest BCUT2D eigenvalue weighted by molar-refractivity contribution is 6.32. The second-order valence-electron chi connectivity index (χ2n) is 8.10. The van der Waals surface area contributed by atoms with Crippen molar-refractivity contribution in [1.82, 2.24) is 19.9 Å². The van der Waals surface area contributed by atoms with Gasteiger partial charge in [-0.25, -0.2) is 14.4 Å². The number of piperazine rings is 1. The minimum Gasteiger partial charge on any atom is -0.495 e.